The van der Waals surface area contributed by atoms with E-state index in [1.165, 1.54) is 25.9 Å². The third kappa shape index (κ3) is 4.37. The predicted molar refractivity (Wildman–Crippen MR) is 143 cm³/mol. The number of rotatable bonds is 5. The summed E-state index contributed by atoms with van der Waals surface area (Å²) in [6.07, 6.45) is 2.63. The molecule has 0 saturated carbocycles. The minimum atomic E-state index is -0.245. The molecule has 0 bridgehead atoms. The minimum absolute atomic E-state index is 0.245. The second-order valence-electron chi connectivity index (χ2n) is 9.79. The van der Waals surface area contributed by atoms with Crippen molar-refractivity contribution in [3.05, 3.63) is 80.8 Å². The van der Waals surface area contributed by atoms with Gasteiger partial charge in [-0.25, -0.2) is 4.79 Å². The highest BCUT2D eigenvalue weighted by Gasteiger charge is 2.35. The van der Waals surface area contributed by atoms with E-state index in [2.05, 4.69) is 33.3 Å². The standard InChI is InChI=1S/C28H27Cl3N4O/c29-23-7-2-1-6-20(23)21-12-18(15-33-16-19(17-33)34-10-3-4-11-34)13-26-22(21)14-32-28(36)35(26)27-24(30)8-5-9-25(27)31/h1-2,5-9,12-13,19,29H,3-4,10-11,14-17H2/p+1. The smallest absolute Gasteiger partial charge is 0.326 e. The highest BCUT2D eigenvalue weighted by molar-refractivity contribution is 6.40. The Hall–Kier alpha value is -2.28. The third-order valence-corrected chi connectivity index (χ3v) is 8.45. The molecule has 0 radical (unpaired) electrons. The first-order valence-electron chi connectivity index (χ1n) is 12.4. The van der Waals surface area contributed by atoms with E-state index in [1.54, 1.807) is 23.1 Å². The van der Waals surface area contributed by atoms with E-state index < -0.39 is 0 Å². The third-order valence-electron chi connectivity index (χ3n) is 7.49. The summed E-state index contributed by atoms with van der Waals surface area (Å²) < 4.78 is 0. The van der Waals surface area contributed by atoms with Crippen LogP contribution in [0.5, 0.6) is 0 Å². The van der Waals surface area contributed by atoms with E-state index in [4.69, 9.17) is 34.8 Å². The Balaban J connectivity index is 1.42. The van der Waals surface area contributed by atoms with Crippen LogP contribution in [-0.2, 0) is 13.1 Å². The summed E-state index contributed by atoms with van der Waals surface area (Å²) in [7, 11) is 0. The summed E-state index contributed by atoms with van der Waals surface area (Å²) >= 11 is 18.9. The van der Waals surface area contributed by atoms with E-state index in [1.807, 2.05) is 18.2 Å². The Morgan fingerprint density at radius 3 is 2.39 bits per heavy atom. The SMILES string of the molecule is O=C1NCc2c(-c3ccccc3[ClH+])cc(CN3CC(N4CCCC4)C3)cc2N1c1c(Cl)cccc1Cl. The van der Waals surface area contributed by atoms with Gasteiger partial charge in [0.2, 0.25) is 5.02 Å². The lowest BCUT2D eigenvalue weighted by molar-refractivity contribution is -0.287. The predicted octanol–water partition coefficient (Wildman–Crippen LogP) is 6.00. The van der Waals surface area contributed by atoms with Crippen LogP contribution in [0.2, 0.25) is 15.1 Å². The normalized spacial score (nSPS) is 18.8. The van der Waals surface area contributed by atoms with Crippen LogP contribution in [0.1, 0.15) is 24.0 Å². The summed E-state index contributed by atoms with van der Waals surface area (Å²) in [5.74, 6) is 0. The van der Waals surface area contributed by atoms with Crippen LogP contribution in [0.4, 0.5) is 16.2 Å². The second-order valence-corrected chi connectivity index (χ2v) is 11.0. The van der Waals surface area contributed by atoms with E-state index in [0.29, 0.717) is 28.3 Å². The highest BCUT2D eigenvalue weighted by Crippen LogP contribution is 2.44. The molecule has 3 aromatic rings. The number of para-hydroxylation sites is 1. The lowest BCUT2D eigenvalue weighted by atomic mass is 9.93. The fraction of sp³-hybridized carbons (Fsp3) is 0.321. The van der Waals surface area contributed by atoms with Crippen molar-refractivity contribution in [2.24, 2.45) is 0 Å². The second kappa shape index (κ2) is 9.88. The molecule has 8 heteroatoms. The van der Waals surface area contributed by atoms with Gasteiger partial charge in [-0.1, -0.05) is 41.4 Å². The van der Waals surface area contributed by atoms with Crippen LogP contribution < -0.4 is 10.2 Å². The Labute approximate surface area is 226 Å². The Kier molecular flexibility index (Phi) is 6.61. The van der Waals surface area contributed by atoms with Crippen molar-refractivity contribution in [2.75, 3.05) is 31.1 Å². The van der Waals surface area contributed by atoms with Crippen molar-refractivity contribution < 1.29 is 16.4 Å². The number of hydrogen-bond donors (Lipinski definition) is 1. The largest absolute Gasteiger partial charge is 0.333 e. The number of nitrogens with one attached hydrogen (secondary N) is 1. The Morgan fingerprint density at radius 1 is 0.944 bits per heavy atom. The molecule has 5 nitrogen and oxygen atoms in total. The zero-order chi connectivity index (χ0) is 24.8. The van der Waals surface area contributed by atoms with E-state index in [0.717, 1.165) is 52.6 Å². The Bertz CT molecular complexity index is 1300. The van der Waals surface area contributed by atoms with Crippen molar-refractivity contribution in [2.45, 2.75) is 32.0 Å². The minimum Gasteiger partial charge on any atom is -0.333 e. The van der Waals surface area contributed by atoms with Crippen LogP contribution in [0.3, 0.4) is 0 Å². The van der Waals surface area contributed by atoms with E-state index in [9.17, 15) is 4.79 Å². The number of hydrogen-bond acceptors (Lipinski definition) is 3. The van der Waals surface area contributed by atoms with Gasteiger partial charge in [0.25, 0.3) is 0 Å². The van der Waals surface area contributed by atoms with Gasteiger partial charge in [-0.15, -0.1) is 0 Å². The van der Waals surface area contributed by atoms with Gasteiger partial charge >= 0.3 is 6.03 Å². The maximum atomic E-state index is 13.2. The molecule has 3 aliphatic heterocycles. The van der Waals surface area contributed by atoms with Crippen LogP contribution in [-0.4, -0.2) is 48.1 Å². The molecule has 36 heavy (non-hydrogen) atoms. The van der Waals surface area contributed by atoms with Gasteiger partial charge in [0.1, 0.15) is 0 Å². The van der Waals surface area contributed by atoms with Gasteiger partial charge in [-0.05, 0) is 67.4 Å². The fourth-order valence-corrected chi connectivity index (χ4v) is 6.49. The molecular weight excluding hydrogens is 515 g/mol. The first-order chi connectivity index (χ1) is 17.5. The lowest BCUT2D eigenvalue weighted by Crippen LogP contribution is -2.58. The first kappa shape index (κ1) is 24.1. The molecular formula is C28H28Cl3N4O+. The summed E-state index contributed by atoms with van der Waals surface area (Å²) in [4.78, 5) is 19.9. The molecule has 2 saturated heterocycles. The van der Waals surface area contributed by atoms with E-state index >= 15 is 0 Å². The van der Waals surface area contributed by atoms with Crippen molar-refractivity contribution in [1.29, 1.82) is 0 Å². The fourth-order valence-electron chi connectivity index (χ4n) is 5.67. The molecule has 0 aliphatic carbocycles. The average molecular weight is 543 g/mol. The number of amides is 2. The lowest BCUT2D eigenvalue weighted by Gasteiger charge is -2.44. The van der Waals surface area contributed by atoms with Gasteiger partial charge < -0.3 is 5.32 Å². The quantitative estimate of drug-likeness (QED) is 0.430. The van der Waals surface area contributed by atoms with E-state index in [-0.39, 0.29) is 6.03 Å². The zero-order valence-corrected chi connectivity index (χ0v) is 22.2. The number of urea groups is 1. The maximum absolute atomic E-state index is 13.2. The van der Waals surface area contributed by atoms with Crippen LogP contribution >= 0.6 is 23.2 Å². The number of anilines is 2. The monoisotopic (exact) mass is 541 g/mol. The number of nitrogens with zero attached hydrogens (tertiary/aromatic N) is 3. The van der Waals surface area contributed by atoms with Crippen molar-refractivity contribution >= 4 is 40.6 Å². The number of likely N-dealkylation sites (tertiary alicyclic amines) is 2. The van der Waals surface area contributed by atoms with Gasteiger partial charge in [0, 0.05) is 49.4 Å². The number of carbonyl (C=O) groups is 1. The Morgan fingerprint density at radius 2 is 1.67 bits per heavy atom. The molecule has 0 aromatic heterocycles. The molecule has 0 unspecified atom stereocenters. The molecule has 1 N–H and O–H groups in total. The number of fused-ring (bicyclic) bond motifs is 1. The topological polar surface area (TPSA) is 38.8 Å². The van der Waals surface area contributed by atoms with Crippen molar-refractivity contribution in [3.8, 4) is 11.1 Å². The van der Waals surface area contributed by atoms with Gasteiger partial charge in [0.05, 0.1) is 21.4 Å². The molecule has 2 amide bonds. The highest BCUT2D eigenvalue weighted by atomic mass is 35.5. The number of halogens is 3. The summed E-state index contributed by atoms with van der Waals surface area (Å²) in [6, 6.07) is 18.0. The van der Waals surface area contributed by atoms with Crippen molar-refractivity contribution in [3.63, 3.8) is 0 Å². The van der Waals surface area contributed by atoms with Crippen LogP contribution in [0.15, 0.2) is 54.6 Å². The number of carbonyl (C=O) groups excluding carboxylic acids is 1. The molecule has 3 aliphatic rings. The summed E-state index contributed by atoms with van der Waals surface area (Å²) in [5.41, 5.74) is 5.47. The van der Waals surface area contributed by atoms with Crippen molar-refractivity contribution in [1.82, 2.24) is 15.1 Å². The summed E-state index contributed by atoms with van der Waals surface area (Å²) in [6.45, 7) is 5.82. The molecule has 0 atom stereocenters. The first-order valence-corrected chi connectivity index (χ1v) is 13.6. The molecule has 0 spiro atoms. The molecule has 3 aromatic carbocycles. The van der Waals surface area contributed by atoms with Gasteiger partial charge in [-0.2, -0.15) is 0 Å². The average Bonchev–Trinajstić information content (AvgIpc) is 3.36. The zero-order valence-electron chi connectivity index (χ0n) is 19.8. The molecule has 6 rings (SSSR count). The number of benzene rings is 3. The van der Waals surface area contributed by atoms with Crippen LogP contribution in [0, 0.1) is 11.6 Å². The molecule has 2 fully saturated rings. The van der Waals surface area contributed by atoms with Gasteiger partial charge in [0.15, 0.2) is 11.6 Å². The summed E-state index contributed by atoms with van der Waals surface area (Å²) in [5, 5.41) is 4.65. The molecule has 3 heterocycles. The molecule has 186 valence electrons. The van der Waals surface area contributed by atoms with Crippen LogP contribution in [0.25, 0.3) is 11.1 Å². The van der Waals surface area contributed by atoms with Gasteiger partial charge in [-0.3, -0.25) is 14.7 Å². The maximum Gasteiger partial charge on any atom is 0.326 e.